The highest BCUT2D eigenvalue weighted by Crippen LogP contribution is 2.34. The molecule has 2 aromatic carbocycles. The minimum atomic E-state index is -0.935. The molecule has 0 aliphatic carbocycles. The van der Waals surface area contributed by atoms with E-state index in [2.05, 4.69) is 21.7 Å². The Labute approximate surface area is 214 Å². The van der Waals surface area contributed by atoms with Crippen LogP contribution in [0.4, 0.5) is 8.78 Å². The SMILES string of the molecule is COc1ccc2nccc([C@H](O)CC[C@@H]3CCN(CC#Cc4ccc(F)c(F)c4)C[C@@H]3CC(=O)O)c2c1. The molecule has 1 aliphatic heterocycles. The highest BCUT2D eigenvalue weighted by Gasteiger charge is 2.31. The van der Waals surface area contributed by atoms with Gasteiger partial charge in [0.15, 0.2) is 11.6 Å². The van der Waals surface area contributed by atoms with Crippen molar-refractivity contribution in [3.63, 3.8) is 0 Å². The van der Waals surface area contributed by atoms with Crippen molar-refractivity contribution in [1.29, 1.82) is 0 Å². The third-order valence-electron chi connectivity index (χ3n) is 7.02. The predicted molar refractivity (Wildman–Crippen MR) is 136 cm³/mol. The molecule has 1 aromatic heterocycles. The molecule has 4 rings (SSSR count). The van der Waals surface area contributed by atoms with Crippen molar-refractivity contribution in [2.75, 3.05) is 26.7 Å². The number of ether oxygens (including phenoxy) is 1. The van der Waals surface area contributed by atoms with Crippen molar-refractivity contribution in [1.82, 2.24) is 9.88 Å². The summed E-state index contributed by atoms with van der Waals surface area (Å²) >= 11 is 0. The van der Waals surface area contributed by atoms with E-state index in [9.17, 15) is 23.8 Å². The second-order valence-electron chi connectivity index (χ2n) is 9.45. The molecule has 3 atom stereocenters. The summed E-state index contributed by atoms with van der Waals surface area (Å²) < 4.78 is 31.8. The number of likely N-dealkylation sites (tertiary alicyclic amines) is 1. The van der Waals surface area contributed by atoms with Gasteiger partial charge in [-0.1, -0.05) is 11.8 Å². The lowest BCUT2D eigenvalue weighted by Gasteiger charge is -2.37. The number of rotatable bonds is 8. The molecular formula is C29H30F2N2O4. The molecule has 0 saturated carbocycles. The molecule has 0 spiro atoms. The third-order valence-corrected chi connectivity index (χ3v) is 7.02. The number of carboxylic acids is 1. The van der Waals surface area contributed by atoms with E-state index >= 15 is 0 Å². The standard InChI is InChI=1S/C29H30F2N2O4/c1-37-22-6-8-27-24(17-22)23(10-12-32-27)28(34)9-5-20-11-14-33(18-21(20)16-29(35)36)13-2-3-19-4-7-25(30)26(31)15-19/h4,6-8,10,12,15,17,20-21,28,34H,5,9,11,13-14,16,18H2,1H3,(H,35,36)/t20-,21+,28-/m1/s1. The molecule has 37 heavy (non-hydrogen) atoms. The first-order valence-corrected chi connectivity index (χ1v) is 12.3. The quantitative estimate of drug-likeness (QED) is 0.426. The fraction of sp³-hybridized carbons (Fsp3) is 0.379. The Kier molecular flexibility index (Phi) is 8.70. The number of carboxylic acid groups (broad SMARTS) is 1. The van der Waals surface area contributed by atoms with Gasteiger partial charge in [-0.15, -0.1) is 0 Å². The normalized spacial score (nSPS) is 18.7. The van der Waals surface area contributed by atoms with Crippen molar-refractivity contribution < 1.29 is 28.5 Å². The van der Waals surface area contributed by atoms with Crippen LogP contribution in [-0.2, 0) is 4.79 Å². The summed E-state index contributed by atoms with van der Waals surface area (Å²) in [5.74, 6) is 3.91. The van der Waals surface area contributed by atoms with Gasteiger partial charge < -0.3 is 14.9 Å². The largest absolute Gasteiger partial charge is 0.497 e. The molecule has 3 aromatic rings. The number of aliphatic hydroxyl groups is 1. The van der Waals surface area contributed by atoms with Gasteiger partial charge in [0, 0.05) is 30.1 Å². The fourth-order valence-corrected chi connectivity index (χ4v) is 5.05. The number of halogens is 2. The van der Waals surface area contributed by atoms with Gasteiger partial charge >= 0.3 is 5.97 Å². The Morgan fingerprint density at radius 2 is 2.03 bits per heavy atom. The number of pyridine rings is 1. The number of fused-ring (bicyclic) bond motifs is 1. The van der Waals surface area contributed by atoms with Gasteiger partial charge in [0.25, 0.3) is 0 Å². The zero-order valence-corrected chi connectivity index (χ0v) is 20.7. The lowest BCUT2D eigenvalue weighted by atomic mass is 9.79. The van der Waals surface area contributed by atoms with Gasteiger partial charge in [0.1, 0.15) is 5.75 Å². The van der Waals surface area contributed by atoms with Crippen LogP contribution >= 0.6 is 0 Å². The van der Waals surface area contributed by atoms with Crippen LogP contribution in [0.5, 0.6) is 5.75 Å². The Morgan fingerprint density at radius 1 is 1.19 bits per heavy atom. The topological polar surface area (TPSA) is 82.9 Å². The van der Waals surface area contributed by atoms with E-state index in [0.29, 0.717) is 37.2 Å². The van der Waals surface area contributed by atoms with Crippen LogP contribution < -0.4 is 4.74 Å². The Hall–Kier alpha value is -3.54. The summed E-state index contributed by atoms with van der Waals surface area (Å²) in [7, 11) is 1.59. The number of aliphatic hydroxyl groups excluding tert-OH is 1. The molecule has 0 amide bonds. The minimum absolute atomic E-state index is 0.0449. The van der Waals surface area contributed by atoms with Crippen molar-refractivity contribution in [2.24, 2.45) is 11.8 Å². The van der Waals surface area contributed by atoms with Gasteiger partial charge in [-0.2, -0.15) is 0 Å². The molecule has 0 radical (unpaired) electrons. The fourth-order valence-electron chi connectivity index (χ4n) is 5.05. The summed E-state index contributed by atoms with van der Waals surface area (Å²) in [5, 5.41) is 21.4. The second kappa shape index (κ2) is 12.1. The predicted octanol–water partition coefficient (Wildman–Crippen LogP) is 4.80. The van der Waals surface area contributed by atoms with Crippen molar-refractivity contribution >= 4 is 16.9 Å². The molecule has 2 heterocycles. The second-order valence-corrected chi connectivity index (χ2v) is 9.45. The lowest BCUT2D eigenvalue weighted by Crippen LogP contribution is -2.41. The molecule has 0 bridgehead atoms. The molecule has 6 nitrogen and oxygen atoms in total. The molecule has 1 aliphatic rings. The van der Waals surface area contributed by atoms with E-state index in [1.54, 1.807) is 13.3 Å². The summed E-state index contributed by atoms with van der Waals surface area (Å²) in [6, 6.07) is 10.9. The summed E-state index contributed by atoms with van der Waals surface area (Å²) in [6.07, 6.45) is 3.02. The number of carbonyl (C=O) groups is 1. The van der Waals surface area contributed by atoms with Crippen LogP contribution in [0, 0.1) is 35.3 Å². The van der Waals surface area contributed by atoms with E-state index in [0.717, 1.165) is 41.6 Å². The average Bonchev–Trinajstić information content (AvgIpc) is 2.89. The molecule has 8 heteroatoms. The van der Waals surface area contributed by atoms with Crippen molar-refractivity contribution in [3.8, 4) is 17.6 Å². The zero-order chi connectivity index (χ0) is 26.4. The number of benzene rings is 2. The number of hydrogen-bond donors (Lipinski definition) is 2. The first-order valence-electron chi connectivity index (χ1n) is 12.3. The number of methoxy groups -OCH3 is 1. The molecule has 0 unspecified atom stereocenters. The first-order chi connectivity index (χ1) is 17.8. The number of hydrogen-bond acceptors (Lipinski definition) is 5. The monoisotopic (exact) mass is 508 g/mol. The third kappa shape index (κ3) is 6.82. The number of piperidine rings is 1. The average molecular weight is 509 g/mol. The van der Waals surface area contributed by atoms with Crippen molar-refractivity contribution in [2.45, 2.75) is 31.8 Å². The van der Waals surface area contributed by atoms with Crippen LogP contribution in [0.1, 0.15) is 42.9 Å². The van der Waals surface area contributed by atoms with E-state index in [-0.39, 0.29) is 18.3 Å². The van der Waals surface area contributed by atoms with Gasteiger partial charge in [0.2, 0.25) is 0 Å². The Bertz CT molecular complexity index is 1320. The smallest absolute Gasteiger partial charge is 0.303 e. The van der Waals surface area contributed by atoms with Gasteiger partial charge in [-0.25, -0.2) is 8.78 Å². The van der Waals surface area contributed by atoms with Crippen LogP contribution in [0.3, 0.4) is 0 Å². The molecule has 2 N–H and O–H groups in total. The summed E-state index contributed by atoms with van der Waals surface area (Å²) in [4.78, 5) is 18.0. The maximum absolute atomic E-state index is 13.4. The number of aromatic nitrogens is 1. The van der Waals surface area contributed by atoms with Gasteiger partial charge in [-0.3, -0.25) is 14.7 Å². The molecule has 194 valence electrons. The van der Waals surface area contributed by atoms with Crippen LogP contribution in [0.15, 0.2) is 48.7 Å². The van der Waals surface area contributed by atoms with Crippen LogP contribution in [0.25, 0.3) is 10.9 Å². The highest BCUT2D eigenvalue weighted by atomic mass is 19.2. The highest BCUT2D eigenvalue weighted by molar-refractivity contribution is 5.83. The van der Waals surface area contributed by atoms with Crippen molar-refractivity contribution in [3.05, 3.63) is 71.4 Å². The van der Waals surface area contributed by atoms with E-state index < -0.39 is 23.7 Å². The molecular weight excluding hydrogens is 478 g/mol. The summed E-state index contributed by atoms with van der Waals surface area (Å²) in [6.45, 7) is 1.74. The van der Waals surface area contributed by atoms with Crippen LogP contribution in [0.2, 0.25) is 0 Å². The summed E-state index contributed by atoms with van der Waals surface area (Å²) in [5.41, 5.74) is 1.95. The molecule has 1 fully saturated rings. The Morgan fingerprint density at radius 3 is 2.78 bits per heavy atom. The molecule has 1 saturated heterocycles. The van der Waals surface area contributed by atoms with Crippen LogP contribution in [-0.4, -0.2) is 52.8 Å². The minimum Gasteiger partial charge on any atom is -0.497 e. The first kappa shape index (κ1) is 26.5. The maximum Gasteiger partial charge on any atom is 0.303 e. The number of nitrogens with zero attached hydrogens (tertiary/aromatic N) is 2. The maximum atomic E-state index is 13.4. The van der Waals surface area contributed by atoms with Gasteiger partial charge in [-0.05, 0) is 85.7 Å². The lowest BCUT2D eigenvalue weighted by molar-refractivity contribution is -0.139. The van der Waals surface area contributed by atoms with E-state index in [1.807, 2.05) is 24.3 Å². The van der Waals surface area contributed by atoms with E-state index in [4.69, 9.17) is 4.74 Å². The van der Waals surface area contributed by atoms with Gasteiger partial charge in [0.05, 0.1) is 25.3 Å². The number of aliphatic carboxylic acids is 1. The zero-order valence-electron chi connectivity index (χ0n) is 20.7. The Balaban J connectivity index is 1.39. The van der Waals surface area contributed by atoms with E-state index in [1.165, 1.54) is 6.07 Å².